The van der Waals surface area contributed by atoms with E-state index in [0.29, 0.717) is 17.7 Å². The van der Waals surface area contributed by atoms with Crippen molar-refractivity contribution in [2.75, 3.05) is 11.9 Å². The predicted molar refractivity (Wildman–Crippen MR) is 135 cm³/mol. The van der Waals surface area contributed by atoms with Crippen LogP contribution in [0.3, 0.4) is 0 Å². The first kappa shape index (κ1) is 30.2. The SMILES string of the molecule is CCc1nocc1C(=O)N[C@H](C(=O)Nc1cc(C(C)(C)N2C[C@@H](C(F)(F)F)NC2=O)ccn1)C1CCC(F)(F)CC1. The van der Waals surface area contributed by atoms with Gasteiger partial charge in [0.15, 0.2) is 0 Å². The first-order valence-corrected chi connectivity index (χ1v) is 13.2. The first-order chi connectivity index (χ1) is 19.1. The van der Waals surface area contributed by atoms with Crippen molar-refractivity contribution in [3.8, 4) is 0 Å². The number of carbonyl (C=O) groups is 3. The Morgan fingerprint density at radius 3 is 2.54 bits per heavy atom. The van der Waals surface area contributed by atoms with E-state index < -0.39 is 72.9 Å². The molecule has 3 heterocycles. The molecule has 4 rings (SSSR count). The Morgan fingerprint density at radius 1 is 1.24 bits per heavy atom. The van der Waals surface area contributed by atoms with Gasteiger partial charge in [0.05, 0.1) is 17.8 Å². The minimum atomic E-state index is -4.62. The molecule has 0 spiro atoms. The molecule has 1 saturated heterocycles. The van der Waals surface area contributed by atoms with E-state index in [1.807, 2.05) is 5.32 Å². The number of amides is 4. The van der Waals surface area contributed by atoms with Crippen LogP contribution in [-0.4, -0.2) is 63.6 Å². The summed E-state index contributed by atoms with van der Waals surface area (Å²) in [6.45, 7) is 4.27. The third kappa shape index (κ3) is 6.59. The standard InChI is InChI=1S/C26H31F5N6O4/c1-4-17-16(13-41-36-17)21(38)35-20(14-5-8-25(27,28)9-6-14)22(39)34-19-11-15(7-10-32-19)24(2,3)37-12-18(26(29,30)31)33-23(37)40/h7,10-11,13-14,18,20H,4-6,8-9,12H2,1-3H3,(H,33,40)(H,35,38)(H,32,34,39)/t18-,20-/m0/s1. The van der Waals surface area contributed by atoms with E-state index in [4.69, 9.17) is 4.52 Å². The van der Waals surface area contributed by atoms with Crippen LogP contribution < -0.4 is 16.0 Å². The Bertz CT molecular complexity index is 1290. The van der Waals surface area contributed by atoms with Gasteiger partial charge in [-0.15, -0.1) is 0 Å². The topological polar surface area (TPSA) is 129 Å². The van der Waals surface area contributed by atoms with Gasteiger partial charge in [-0.25, -0.2) is 18.6 Å². The van der Waals surface area contributed by atoms with Crippen molar-refractivity contribution in [3.05, 3.63) is 41.4 Å². The van der Waals surface area contributed by atoms with Crippen LogP contribution in [0.2, 0.25) is 0 Å². The zero-order chi connectivity index (χ0) is 30.2. The molecule has 0 aromatic carbocycles. The quantitative estimate of drug-likeness (QED) is 0.394. The second-order valence-electron chi connectivity index (χ2n) is 10.8. The second-order valence-corrected chi connectivity index (χ2v) is 10.8. The second kappa shape index (κ2) is 11.2. The number of hydrogen-bond donors (Lipinski definition) is 3. The van der Waals surface area contributed by atoms with Gasteiger partial charge in [-0.2, -0.15) is 13.2 Å². The van der Waals surface area contributed by atoms with E-state index in [9.17, 15) is 36.3 Å². The lowest BCUT2D eigenvalue weighted by Gasteiger charge is -2.35. The van der Waals surface area contributed by atoms with Crippen LogP contribution in [0.4, 0.5) is 32.6 Å². The molecule has 2 fully saturated rings. The highest BCUT2D eigenvalue weighted by atomic mass is 19.4. The molecule has 15 heteroatoms. The molecule has 2 aromatic heterocycles. The molecule has 0 radical (unpaired) electrons. The Labute approximate surface area is 232 Å². The van der Waals surface area contributed by atoms with Crippen LogP contribution in [0.1, 0.15) is 68.1 Å². The smallest absolute Gasteiger partial charge is 0.364 e. The number of urea groups is 1. The van der Waals surface area contributed by atoms with E-state index in [2.05, 4.69) is 20.8 Å². The van der Waals surface area contributed by atoms with Crippen molar-refractivity contribution < 1.29 is 40.9 Å². The fourth-order valence-electron chi connectivity index (χ4n) is 5.16. The number of halogens is 5. The molecular weight excluding hydrogens is 555 g/mol. The van der Waals surface area contributed by atoms with Gasteiger partial charge in [0.25, 0.3) is 5.91 Å². The van der Waals surface area contributed by atoms with Gasteiger partial charge < -0.3 is 25.4 Å². The lowest BCUT2D eigenvalue weighted by atomic mass is 9.81. The minimum Gasteiger partial charge on any atom is -0.364 e. The number of nitrogens with one attached hydrogen (secondary N) is 3. The lowest BCUT2D eigenvalue weighted by molar-refractivity contribution is -0.150. The Kier molecular flexibility index (Phi) is 8.28. The third-order valence-electron chi connectivity index (χ3n) is 7.72. The van der Waals surface area contributed by atoms with Gasteiger partial charge in [-0.3, -0.25) is 9.59 Å². The number of pyridine rings is 1. The van der Waals surface area contributed by atoms with Crippen molar-refractivity contribution >= 4 is 23.7 Å². The normalized spacial score (nSPS) is 20.4. The molecule has 0 unspecified atom stereocenters. The summed E-state index contributed by atoms with van der Waals surface area (Å²) in [7, 11) is 0. The fraction of sp³-hybridized carbons (Fsp3) is 0.577. The molecule has 1 aliphatic carbocycles. The number of anilines is 1. The van der Waals surface area contributed by atoms with Gasteiger partial charge in [0.1, 0.15) is 29.7 Å². The van der Waals surface area contributed by atoms with Crippen LogP contribution in [0.5, 0.6) is 0 Å². The molecule has 41 heavy (non-hydrogen) atoms. The van der Waals surface area contributed by atoms with Crippen molar-refractivity contribution in [1.82, 2.24) is 25.7 Å². The fourth-order valence-corrected chi connectivity index (χ4v) is 5.16. The monoisotopic (exact) mass is 586 g/mol. The van der Waals surface area contributed by atoms with Crippen LogP contribution in [-0.2, 0) is 16.8 Å². The predicted octanol–water partition coefficient (Wildman–Crippen LogP) is 4.39. The highest BCUT2D eigenvalue weighted by Gasteiger charge is 2.50. The van der Waals surface area contributed by atoms with Gasteiger partial charge in [-0.05, 0) is 56.7 Å². The summed E-state index contributed by atoms with van der Waals surface area (Å²) in [6.07, 6.45) is -2.68. The van der Waals surface area contributed by atoms with E-state index in [1.54, 1.807) is 20.8 Å². The van der Waals surface area contributed by atoms with E-state index in [1.165, 1.54) is 18.3 Å². The lowest BCUT2D eigenvalue weighted by Crippen LogP contribution is -2.50. The van der Waals surface area contributed by atoms with Crippen LogP contribution in [0, 0.1) is 5.92 Å². The molecule has 1 aliphatic heterocycles. The Hall–Kier alpha value is -3.78. The van der Waals surface area contributed by atoms with E-state index >= 15 is 0 Å². The van der Waals surface area contributed by atoms with E-state index in [-0.39, 0.29) is 24.2 Å². The Balaban J connectivity index is 1.54. The molecule has 3 N–H and O–H groups in total. The van der Waals surface area contributed by atoms with E-state index in [0.717, 1.165) is 11.2 Å². The average Bonchev–Trinajstić information content (AvgIpc) is 3.54. The Morgan fingerprint density at radius 2 is 1.93 bits per heavy atom. The van der Waals surface area contributed by atoms with Crippen molar-refractivity contribution in [1.29, 1.82) is 0 Å². The molecule has 2 aliphatic rings. The molecule has 10 nitrogen and oxygen atoms in total. The molecule has 4 amide bonds. The average molecular weight is 587 g/mol. The summed E-state index contributed by atoms with van der Waals surface area (Å²) in [6, 6.07) is -1.20. The van der Waals surface area contributed by atoms with Gasteiger partial charge in [0.2, 0.25) is 11.8 Å². The highest BCUT2D eigenvalue weighted by Crippen LogP contribution is 2.38. The molecule has 0 bridgehead atoms. The number of carbonyl (C=O) groups excluding carboxylic acids is 3. The maximum Gasteiger partial charge on any atom is 0.410 e. The summed E-state index contributed by atoms with van der Waals surface area (Å²) in [5, 5.41) is 10.9. The van der Waals surface area contributed by atoms with Gasteiger partial charge >= 0.3 is 12.2 Å². The number of alkyl halides is 5. The molecular formula is C26H31F5N6O4. The van der Waals surface area contributed by atoms with Gasteiger partial charge in [0, 0.05) is 19.0 Å². The van der Waals surface area contributed by atoms with Crippen LogP contribution in [0.25, 0.3) is 0 Å². The van der Waals surface area contributed by atoms with Crippen molar-refractivity contribution in [3.63, 3.8) is 0 Å². The van der Waals surface area contributed by atoms with Crippen LogP contribution >= 0.6 is 0 Å². The van der Waals surface area contributed by atoms with Crippen molar-refractivity contribution in [2.24, 2.45) is 5.92 Å². The summed E-state index contributed by atoms with van der Waals surface area (Å²) in [5.74, 6) is -4.81. The summed E-state index contributed by atoms with van der Waals surface area (Å²) in [5.41, 5.74) is -0.350. The summed E-state index contributed by atoms with van der Waals surface area (Å²) in [4.78, 5) is 44.0. The zero-order valence-electron chi connectivity index (χ0n) is 22.6. The maximum absolute atomic E-state index is 13.9. The number of nitrogens with zero attached hydrogens (tertiary/aromatic N) is 3. The third-order valence-corrected chi connectivity index (χ3v) is 7.72. The zero-order valence-corrected chi connectivity index (χ0v) is 22.6. The molecule has 2 atom stereocenters. The molecule has 2 aromatic rings. The van der Waals surface area contributed by atoms with Crippen LogP contribution in [0.15, 0.2) is 29.1 Å². The number of aromatic nitrogens is 2. The minimum absolute atomic E-state index is 0.00663. The number of aryl methyl sites for hydroxylation is 1. The van der Waals surface area contributed by atoms with Gasteiger partial charge in [-0.1, -0.05) is 12.1 Å². The van der Waals surface area contributed by atoms with Crippen molar-refractivity contribution in [2.45, 2.75) is 82.6 Å². The summed E-state index contributed by atoms with van der Waals surface area (Å²) >= 11 is 0. The highest BCUT2D eigenvalue weighted by molar-refractivity contribution is 6.01. The molecule has 224 valence electrons. The number of rotatable bonds is 8. The number of hydrogen-bond acceptors (Lipinski definition) is 6. The first-order valence-electron chi connectivity index (χ1n) is 13.2. The summed E-state index contributed by atoms with van der Waals surface area (Å²) < 4.78 is 72.3. The molecule has 1 saturated carbocycles. The largest absolute Gasteiger partial charge is 0.410 e. The maximum atomic E-state index is 13.9.